The molecule has 2 aromatic heterocycles. The number of carboxylic acid groups (broad SMARTS) is 2. The Labute approximate surface area is 308 Å². The minimum absolute atomic E-state index is 0.00605. The number of thioether (sulfide) groups is 1. The first kappa shape index (κ1) is 37.5. The van der Waals surface area contributed by atoms with Gasteiger partial charge in [0.05, 0.1) is 41.2 Å². The highest BCUT2D eigenvalue weighted by atomic mass is 32.2. The zero-order valence-corrected chi connectivity index (χ0v) is 30.4. The van der Waals surface area contributed by atoms with Crippen molar-refractivity contribution in [1.82, 2.24) is 19.8 Å². The summed E-state index contributed by atoms with van der Waals surface area (Å²) in [5.41, 5.74) is 3.28. The van der Waals surface area contributed by atoms with Crippen molar-refractivity contribution < 1.29 is 53.3 Å². The predicted octanol–water partition coefficient (Wildman–Crippen LogP) is 0.409. The van der Waals surface area contributed by atoms with E-state index in [2.05, 4.69) is 15.5 Å². The van der Waals surface area contributed by atoms with Gasteiger partial charge in [0.2, 0.25) is 5.60 Å². The van der Waals surface area contributed by atoms with Crippen molar-refractivity contribution in [3.63, 3.8) is 0 Å². The average molecular weight is 774 g/mol. The number of oxime groups is 1. The SMILES string of the molecule is CCn1cc(C[N+]2(CC3=C(C(=O)[O-])N4C(=O)[C@@H](NC(=O)C(=NOC(C)(C)C(=O)O)c5csc(N)n5)[C@H]4SC3)CCCC2)c(=O)c2cc(F)c(O)c(O)c21. The normalized spacial score (nSPS) is 20.0. The number of anilines is 1. The minimum Gasteiger partial charge on any atom is -0.543 e. The Morgan fingerprint density at radius 3 is 2.51 bits per heavy atom. The summed E-state index contributed by atoms with van der Waals surface area (Å²) >= 11 is 2.21. The lowest BCUT2D eigenvalue weighted by Crippen LogP contribution is -2.72. The average Bonchev–Trinajstić information content (AvgIpc) is 3.75. The van der Waals surface area contributed by atoms with E-state index >= 15 is 0 Å². The number of aromatic nitrogens is 2. The predicted molar refractivity (Wildman–Crippen MR) is 188 cm³/mol. The number of carbonyl (C=O) groups is 4. The highest BCUT2D eigenvalue weighted by molar-refractivity contribution is 8.00. The molecule has 3 aromatic rings. The number of likely N-dealkylation sites (tertiary alicyclic amines) is 1. The number of nitrogen functional groups attached to an aromatic ring is 1. The number of carbonyl (C=O) groups excluding carboxylic acids is 3. The van der Waals surface area contributed by atoms with Crippen molar-refractivity contribution in [3.05, 3.63) is 56.2 Å². The van der Waals surface area contributed by atoms with Crippen molar-refractivity contribution in [2.75, 3.05) is 31.1 Å². The fourth-order valence-corrected chi connectivity index (χ4v) is 8.76. The first-order chi connectivity index (χ1) is 25.0. The maximum Gasteiger partial charge on any atom is 0.350 e. The fraction of sp³-hybridized carbons (Fsp3) is 0.424. The molecule has 6 rings (SSSR count). The first-order valence-electron chi connectivity index (χ1n) is 16.5. The van der Waals surface area contributed by atoms with E-state index in [1.54, 1.807) is 17.7 Å². The molecule has 17 nitrogen and oxygen atoms in total. The van der Waals surface area contributed by atoms with Crippen LogP contribution in [0.5, 0.6) is 11.5 Å². The third-order valence-corrected chi connectivity index (χ3v) is 11.6. The van der Waals surface area contributed by atoms with E-state index in [-0.39, 0.29) is 57.3 Å². The molecule has 0 aliphatic carbocycles. The van der Waals surface area contributed by atoms with Gasteiger partial charge in [0.25, 0.3) is 11.8 Å². The van der Waals surface area contributed by atoms with Gasteiger partial charge >= 0.3 is 5.97 Å². The van der Waals surface area contributed by atoms with Gasteiger partial charge in [-0.2, -0.15) is 0 Å². The number of thiazole rings is 1. The molecule has 0 bridgehead atoms. The number of nitrogens with two attached hydrogens (primary N) is 1. The van der Waals surface area contributed by atoms with E-state index in [0.717, 1.165) is 35.1 Å². The highest BCUT2D eigenvalue weighted by Crippen LogP contribution is 2.42. The monoisotopic (exact) mass is 773 g/mol. The van der Waals surface area contributed by atoms with E-state index in [4.69, 9.17) is 10.6 Å². The van der Waals surface area contributed by atoms with Crippen molar-refractivity contribution in [2.24, 2.45) is 5.16 Å². The largest absolute Gasteiger partial charge is 0.543 e. The lowest BCUT2D eigenvalue weighted by molar-refractivity contribution is -0.925. The topological polar surface area (TPSA) is 250 Å². The molecule has 2 saturated heterocycles. The van der Waals surface area contributed by atoms with Crippen molar-refractivity contribution in [2.45, 2.75) is 63.7 Å². The molecule has 1 aromatic carbocycles. The van der Waals surface area contributed by atoms with Gasteiger partial charge in [-0.25, -0.2) is 14.2 Å². The third-order valence-electron chi connectivity index (χ3n) is 9.61. The molecular formula is C33H36FN7O10S2. The van der Waals surface area contributed by atoms with Crippen LogP contribution in [0.2, 0.25) is 0 Å². The number of quaternary nitrogens is 1. The Balaban J connectivity index is 1.27. The first-order valence-corrected chi connectivity index (χ1v) is 18.4. The molecule has 20 heteroatoms. The van der Waals surface area contributed by atoms with Crippen LogP contribution in [-0.4, -0.2) is 106 Å². The van der Waals surface area contributed by atoms with Gasteiger partial charge in [-0.05, 0) is 26.8 Å². The molecule has 0 saturated carbocycles. The lowest BCUT2D eigenvalue weighted by Gasteiger charge is -2.51. The number of phenolic OH excluding ortho intramolecular Hbond substituents is 2. The van der Waals surface area contributed by atoms with E-state index in [1.165, 1.54) is 31.0 Å². The van der Waals surface area contributed by atoms with Crippen molar-refractivity contribution in [3.8, 4) is 11.5 Å². The zero-order valence-electron chi connectivity index (χ0n) is 28.8. The summed E-state index contributed by atoms with van der Waals surface area (Å²) in [6.07, 6.45) is 3.11. The molecule has 282 valence electrons. The Morgan fingerprint density at radius 2 is 1.91 bits per heavy atom. The fourth-order valence-electron chi connectivity index (χ4n) is 6.87. The van der Waals surface area contributed by atoms with E-state index in [9.17, 15) is 48.8 Å². The van der Waals surface area contributed by atoms with Gasteiger partial charge in [0.1, 0.15) is 30.2 Å². The highest BCUT2D eigenvalue weighted by Gasteiger charge is 2.54. The molecule has 0 radical (unpaired) electrons. The van der Waals surface area contributed by atoms with Gasteiger partial charge in [0.15, 0.2) is 33.6 Å². The second-order valence-corrected chi connectivity index (χ2v) is 15.5. The number of fused-ring (bicyclic) bond motifs is 2. The van der Waals surface area contributed by atoms with Crippen molar-refractivity contribution in [1.29, 1.82) is 0 Å². The standard InChI is InChI=1S/C33H36FN7O10S2/c1-4-39-10-15(24(42)17-9-18(34)25(43)26(44)23(17)39)11-41(7-5-6-8-41)12-16-13-52-29-21(28(46)40(29)22(16)30(47)48)37-27(45)20(19-14-53-32(35)36-19)38-51-33(2,3)31(49)50/h9-10,14,21,29H,4-8,11-13H2,1-3H3,(H6-,35,36,37,38,42,43,44,45,47,48,49,50)/t21-,29-/m1/s1. The van der Waals surface area contributed by atoms with Crippen LogP contribution in [0.25, 0.3) is 10.9 Å². The number of β-lactam (4-membered cyclic amide) rings is 1. The van der Waals surface area contributed by atoms with Crippen LogP contribution in [0.3, 0.4) is 0 Å². The summed E-state index contributed by atoms with van der Waals surface area (Å²) in [7, 11) is 0. The summed E-state index contributed by atoms with van der Waals surface area (Å²) in [4.78, 5) is 75.2. The third kappa shape index (κ3) is 6.77. The molecule has 6 N–H and O–H groups in total. The maximum absolute atomic E-state index is 14.5. The molecule has 2 atom stereocenters. The number of aliphatic carboxylic acids is 2. The number of benzene rings is 1. The van der Waals surface area contributed by atoms with Crippen LogP contribution in [0.15, 0.2) is 38.9 Å². The number of hydrogen-bond donors (Lipinski definition) is 5. The minimum atomic E-state index is -1.82. The molecule has 2 fully saturated rings. The number of phenols is 2. The van der Waals surface area contributed by atoms with Gasteiger partial charge < -0.3 is 50.2 Å². The Bertz CT molecular complexity index is 2180. The van der Waals surface area contributed by atoms with E-state index in [0.29, 0.717) is 24.2 Å². The van der Waals surface area contributed by atoms with E-state index in [1.807, 2.05) is 0 Å². The second kappa shape index (κ2) is 14.0. The summed E-state index contributed by atoms with van der Waals surface area (Å²) < 4.78 is 16.3. The summed E-state index contributed by atoms with van der Waals surface area (Å²) in [6, 6.07) is -0.297. The maximum atomic E-state index is 14.5. The summed E-state index contributed by atoms with van der Waals surface area (Å²) in [6.45, 7) is 5.94. The van der Waals surface area contributed by atoms with Gasteiger partial charge in [0, 0.05) is 42.3 Å². The van der Waals surface area contributed by atoms with Crippen LogP contribution >= 0.6 is 23.1 Å². The van der Waals surface area contributed by atoms with Crippen LogP contribution < -0.4 is 21.6 Å². The molecular weight excluding hydrogens is 738 g/mol. The summed E-state index contributed by atoms with van der Waals surface area (Å²) in [5, 5.41) is 49.4. The van der Waals surface area contributed by atoms with Gasteiger partial charge in [-0.15, -0.1) is 23.1 Å². The molecule has 0 spiro atoms. The lowest BCUT2D eigenvalue weighted by atomic mass is 10.0. The number of hydrogen-bond acceptors (Lipinski definition) is 14. The molecule has 0 unspecified atom stereocenters. The molecule has 3 aliphatic rings. The number of nitrogens with one attached hydrogen (secondary N) is 1. The van der Waals surface area contributed by atoms with Crippen molar-refractivity contribution >= 4 is 68.6 Å². The number of amides is 2. The number of rotatable bonds is 12. The number of halogens is 1. The second-order valence-electron chi connectivity index (χ2n) is 13.6. The quantitative estimate of drug-likeness (QED) is 0.0551. The van der Waals surface area contributed by atoms with E-state index < -0.39 is 69.2 Å². The van der Waals surface area contributed by atoms with Gasteiger partial charge in [-0.3, -0.25) is 19.3 Å². The number of aromatic hydroxyl groups is 2. The Kier molecular flexibility index (Phi) is 9.90. The van der Waals surface area contributed by atoms with Crippen LogP contribution in [0.1, 0.15) is 44.9 Å². The molecule has 53 heavy (non-hydrogen) atoms. The Hall–Kier alpha value is -5.21. The molecule has 2 amide bonds. The van der Waals surface area contributed by atoms with Crippen LogP contribution in [-0.2, 0) is 37.1 Å². The number of nitrogens with zero attached hydrogens (tertiary/aromatic N) is 5. The zero-order chi connectivity index (χ0) is 38.6. The Morgan fingerprint density at radius 1 is 1.21 bits per heavy atom. The summed E-state index contributed by atoms with van der Waals surface area (Å²) in [5.74, 6) is -7.30. The number of carboxylic acids is 2. The van der Waals surface area contributed by atoms with Crippen LogP contribution in [0, 0.1) is 5.82 Å². The smallest absolute Gasteiger partial charge is 0.350 e. The van der Waals surface area contributed by atoms with Crippen LogP contribution in [0.4, 0.5) is 9.52 Å². The number of aryl methyl sites for hydroxylation is 1. The van der Waals surface area contributed by atoms with Gasteiger partial charge in [-0.1, -0.05) is 5.16 Å². The number of pyridine rings is 1. The molecule has 5 heterocycles. The molecule has 3 aliphatic heterocycles.